The van der Waals surface area contributed by atoms with Crippen molar-refractivity contribution in [1.82, 2.24) is 30.1 Å². The van der Waals surface area contributed by atoms with Crippen LogP contribution in [-0.2, 0) is 49.7 Å². The third kappa shape index (κ3) is 10.5. The van der Waals surface area contributed by atoms with Crippen molar-refractivity contribution < 1.29 is 65.6 Å². The summed E-state index contributed by atoms with van der Waals surface area (Å²) in [6.07, 6.45) is -10.3. The molecule has 9 rings (SSSR count). The molecule has 0 saturated carbocycles. The number of ether oxygens (including phenoxy) is 2. The number of nitrogens with one attached hydrogen (secondary N) is 2. The Balaban J connectivity index is 0.968. The van der Waals surface area contributed by atoms with E-state index in [4.69, 9.17) is 38.4 Å². The van der Waals surface area contributed by atoms with Crippen molar-refractivity contribution in [3.63, 3.8) is 0 Å². The molecule has 0 spiro atoms. The van der Waals surface area contributed by atoms with E-state index in [1.807, 2.05) is 0 Å². The Kier molecular flexibility index (Phi) is 14.4. The van der Waals surface area contributed by atoms with Crippen LogP contribution in [0.4, 0.5) is 33.3 Å². The van der Waals surface area contributed by atoms with Crippen molar-refractivity contribution in [3.8, 4) is 11.3 Å². The smallest absolute Gasteiger partial charge is 0.394 e. The number of fused-ring (bicyclic) bond motifs is 2. The number of carbonyl (C=O) groups is 5. The molecule has 6 atom stereocenters. The zero-order valence-electron chi connectivity index (χ0n) is 38.4. The molecule has 386 valence electrons. The van der Waals surface area contributed by atoms with Gasteiger partial charge in [-0.3, -0.25) is 29.3 Å². The Morgan fingerprint density at radius 2 is 1.73 bits per heavy atom. The van der Waals surface area contributed by atoms with Crippen LogP contribution in [0.5, 0.6) is 0 Å². The highest BCUT2D eigenvalue weighted by Crippen LogP contribution is 2.40. The van der Waals surface area contributed by atoms with Gasteiger partial charge in [0, 0.05) is 53.5 Å². The minimum atomic E-state index is -4.95. The molecule has 0 bridgehead atoms. The number of anilines is 1. The first kappa shape index (κ1) is 51.7. The number of alkyl halides is 3. The van der Waals surface area contributed by atoms with Crippen molar-refractivity contribution in [2.75, 3.05) is 18.5 Å². The average molecular weight is 1070 g/mol. The summed E-state index contributed by atoms with van der Waals surface area (Å²) in [4.78, 5) is 76.2. The summed E-state index contributed by atoms with van der Waals surface area (Å²) in [6, 6.07) is 11.5. The van der Waals surface area contributed by atoms with Gasteiger partial charge in [-0.2, -0.15) is 13.2 Å². The Hall–Kier alpha value is -7.22. The number of hydrogen-bond donors (Lipinski definition) is 5. The summed E-state index contributed by atoms with van der Waals surface area (Å²) in [7, 11) is 0. The SMILES string of the molecule is CC(N)=NC(=Nc1cc(Cl)ccc1C(F)(F)F)[C@@H]1O[C@H](CO)[C@H](O)[C@H](n2cc(-c3cc(F)c(Cl)c(F)c3)nn2)[C@H]1OCC(=O)N1Cc2ccc(C(=O)Nc3ccc4c(c3)CN(C3CCC(=O)NC3=O)C4=O)cc2C1. The molecule has 0 aliphatic carbocycles. The Bertz CT molecular complexity index is 3170. The monoisotopic (exact) mass is 1070 g/mol. The number of aromatic nitrogens is 3. The standard InChI is InChI=1S/C48H41Cl2F5N10O9/c1-21(56)57-44(59-33-14-27(49)4-7-30(33)48(53,54)55)43-42(40(41(69)36(19-66)74-43)65-18-34(61-62-65)24-12-31(51)39(50)32(52)13-24)73-20-38(68)63-15-23-3-2-22(10-25(23)16-63)45(70)58-28-5-6-29-26(11-28)17-64(47(29)72)35-8-9-37(67)60-46(35)71/h2-7,10-14,18,35-36,40-43,66,69H,8-9,15-17,19-20H2,1H3,(H,58,70)(H2,56,57,59)(H,60,67,71)/t35?,36-,40+,41+,42-,43-/m1/s1. The number of aliphatic imine (C=N–C) groups is 2. The maximum atomic E-state index is 14.6. The van der Waals surface area contributed by atoms with Crippen molar-refractivity contribution in [1.29, 1.82) is 0 Å². The zero-order chi connectivity index (χ0) is 52.9. The molecule has 19 nitrogen and oxygen atoms in total. The molecule has 5 aromatic rings. The van der Waals surface area contributed by atoms with Gasteiger partial charge >= 0.3 is 6.18 Å². The molecule has 2 fully saturated rings. The lowest BCUT2D eigenvalue weighted by molar-refractivity contribution is -0.201. The van der Waals surface area contributed by atoms with Gasteiger partial charge in [-0.25, -0.2) is 23.4 Å². The molecule has 26 heteroatoms. The summed E-state index contributed by atoms with van der Waals surface area (Å²) in [6.45, 7) is -0.278. The lowest BCUT2D eigenvalue weighted by atomic mass is 9.91. The molecule has 6 N–H and O–H groups in total. The summed E-state index contributed by atoms with van der Waals surface area (Å²) < 4.78 is 85.6. The second-order valence-electron chi connectivity index (χ2n) is 17.7. The number of amides is 5. The first-order valence-corrected chi connectivity index (χ1v) is 23.3. The van der Waals surface area contributed by atoms with Gasteiger partial charge in [0.05, 0.1) is 29.9 Å². The lowest BCUT2D eigenvalue weighted by Crippen LogP contribution is -2.59. The number of aliphatic hydroxyl groups is 2. The first-order chi connectivity index (χ1) is 35.2. The fraction of sp³-hybridized carbons (Fsp3) is 0.312. The van der Waals surface area contributed by atoms with E-state index in [0.29, 0.717) is 34.0 Å². The third-order valence-electron chi connectivity index (χ3n) is 12.7. The Labute approximate surface area is 425 Å². The zero-order valence-corrected chi connectivity index (χ0v) is 40.0. The predicted molar refractivity (Wildman–Crippen MR) is 253 cm³/mol. The van der Waals surface area contributed by atoms with Crippen LogP contribution in [-0.4, -0.2) is 120 Å². The van der Waals surface area contributed by atoms with Crippen molar-refractivity contribution in [3.05, 3.63) is 128 Å². The van der Waals surface area contributed by atoms with E-state index >= 15 is 0 Å². The van der Waals surface area contributed by atoms with E-state index in [1.54, 1.807) is 36.4 Å². The molecule has 4 aromatic carbocycles. The summed E-state index contributed by atoms with van der Waals surface area (Å²) in [5.74, 6) is -5.58. The highest BCUT2D eigenvalue weighted by Gasteiger charge is 2.50. The Morgan fingerprint density at radius 1 is 0.986 bits per heavy atom. The number of piperidine rings is 1. The van der Waals surface area contributed by atoms with Crippen LogP contribution >= 0.6 is 23.2 Å². The predicted octanol–water partition coefficient (Wildman–Crippen LogP) is 5.26. The Morgan fingerprint density at radius 3 is 2.43 bits per heavy atom. The molecule has 5 amide bonds. The van der Waals surface area contributed by atoms with Crippen LogP contribution in [0.3, 0.4) is 0 Å². The highest BCUT2D eigenvalue weighted by molar-refractivity contribution is 6.31. The molecular formula is C48H41Cl2F5N10O9. The molecule has 74 heavy (non-hydrogen) atoms. The number of aliphatic hydroxyl groups excluding tert-OH is 2. The summed E-state index contributed by atoms with van der Waals surface area (Å²) >= 11 is 11.8. The first-order valence-electron chi connectivity index (χ1n) is 22.5. The maximum Gasteiger partial charge on any atom is 0.418 e. The number of benzene rings is 4. The van der Waals surface area contributed by atoms with E-state index in [0.717, 1.165) is 35.1 Å². The number of imide groups is 1. The van der Waals surface area contributed by atoms with E-state index in [1.165, 1.54) is 16.7 Å². The van der Waals surface area contributed by atoms with Gasteiger partial charge < -0.3 is 40.5 Å². The summed E-state index contributed by atoms with van der Waals surface area (Å²) in [5, 5.41) is 34.5. The van der Waals surface area contributed by atoms with Crippen molar-refractivity contribution in [2.45, 2.75) is 82.1 Å². The minimum absolute atomic E-state index is 0.0159. The number of nitrogens with zero attached hydrogens (tertiary/aromatic N) is 7. The maximum absolute atomic E-state index is 14.6. The fourth-order valence-electron chi connectivity index (χ4n) is 9.17. The normalized spacial score (nSPS) is 22.2. The molecule has 4 aliphatic heterocycles. The van der Waals surface area contributed by atoms with E-state index in [-0.39, 0.29) is 66.1 Å². The molecule has 5 heterocycles. The van der Waals surface area contributed by atoms with Crippen LogP contribution in [0.25, 0.3) is 11.3 Å². The molecule has 4 aliphatic rings. The van der Waals surface area contributed by atoms with Crippen molar-refractivity contribution >= 4 is 75.8 Å². The van der Waals surface area contributed by atoms with Crippen molar-refractivity contribution in [2.24, 2.45) is 15.7 Å². The van der Waals surface area contributed by atoms with Crippen LogP contribution in [0.1, 0.15) is 68.8 Å². The third-order valence-corrected chi connectivity index (χ3v) is 13.3. The van der Waals surface area contributed by atoms with Crippen LogP contribution < -0.4 is 16.4 Å². The number of nitrogens with two attached hydrogens (primary N) is 1. The molecule has 2 saturated heterocycles. The van der Waals surface area contributed by atoms with Gasteiger partial charge in [0.1, 0.15) is 65.5 Å². The fourth-order valence-corrected chi connectivity index (χ4v) is 9.44. The second-order valence-corrected chi connectivity index (χ2v) is 18.5. The minimum Gasteiger partial charge on any atom is -0.394 e. The molecule has 0 radical (unpaired) electrons. The van der Waals surface area contributed by atoms with Gasteiger partial charge in [0.2, 0.25) is 17.7 Å². The average Bonchev–Trinajstić information content (AvgIpc) is 4.09. The van der Waals surface area contributed by atoms with Gasteiger partial charge in [0.25, 0.3) is 11.8 Å². The van der Waals surface area contributed by atoms with Crippen LogP contribution in [0.15, 0.2) is 82.9 Å². The lowest BCUT2D eigenvalue weighted by Gasteiger charge is -2.43. The van der Waals surface area contributed by atoms with E-state index in [2.05, 4.69) is 30.9 Å². The summed E-state index contributed by atoms with van der Waals surface area (Å²) in [5.41, 5.74) is 6.52. The highest BCUT2D eigenvalue weighted by atomic mass is 35.5. The van der Waals surface area contributed by atoms with Gasteiger partial charge in [-0.15, -0.1) is 5.10 Å². The number of carbonyl (C=O) groups excluding carboxylic acids is 5. The number of rotatable bonds is 11. The molecule has 1 unspecified atom stereocenters. The number of amidine groups is 2. The van der Waals surface area contributed by atoms with Gasteiger partial charge in [-0.1, -0.05) is 34.5 Å². The second kappa shape index (κ2) is 20.6. The van der Waals surface area contributed by atoms with E-state index in [9.17, 15) is 56.1 Å². The van der Waals surface area contributed by atoms with Gasteiger partial charge in [0.15, 0.2) is 5.84 Å². The number of hydrogen-bond acceptors (Lipinski definition) is 12. The molecular weight excluding hydrogens is 1030 g/mol. The van der Waals surface area contributed by atoms with E-state index < -0.39 is 113 Å². The topological polar surface area (TPSA) is 256 Å². The van der Waals surface area contributed by atoms with Gasteiger partial charge in [-0.05, 0) is 90.7 Å². The number of halogens is 7. The van der Waals surface area contributed by atoms with Crippen LogP contribution in [0.2, 0.25) is 10.0 Å². The quantitative estimate of drug-likeness (QED) is 0.0374. The largest absolute Gasteiger partial charge is 0.418 e. The molecule has 1 aromatic heterocycles. The van der Waals surface area contributed by atoms with Crippen LogP contribution in [0, 0.1) is 11.6 Å².